The fraction of sp³-hybridized carbons (Fsp3) is 0.562. The second-order valence-corrected chi connectivity index (χ2v) is 8.45. The predicted molar refractivity (Wildman–Crippen MR) is 89.0 cm³/mol. The van der Waals surface area contributed by atoms with Crippen molar-refractivity contribution in [3.63, 3.8) is 0 Å². The molecule has 0 radical (unpaired) electrons. The standard InChI is InChI=1S/C16H20ClNO4S/c1-23(20,21)22-12-6-8-16(9-7-12)10-11-18(15(16)19)14-5-3-2-4-13(14)17/h2-5,12H,6-11H2,1H3. The van der Waals surface area contributed by atoms with Crippen LogP contribution in [0.2, 0.25) is 5.02 Å². The van der Waals surface area contributed by atoms with Crippen LogP contribution in [0.5, 0.6) is 0 Å². The van der Waals surface area contributed by atoms with E-state index in [0.717, 1.165) is 18.4 Å². The van der Waals surface area contributed by atoms with Gasteiger partial charge in [-0.3, -0.25) is 8.98 Å². The highest BCUT2D eigenvalue weighted by atomic mass is 35.5. The average molecular weight is 358 g/mol. The second kappa shape index (κ2) is 6.07. The van der Waals surface area contributed by atoms with Crippen molar-refractivity contribution in [2.24, 2.45) is 5.41 Å². The minimum absolute atomic E-state index is 0.100. The Morgan fingerprint density at radius 2 is 1.87 bits per heavy atom. The lowest BCUT2D eigenvalue weighted by molar-refractivity contribution is -0.128. The van der Waals surface area contributed by atoms with Gasteiger partial charge in [-0.05, 0) is 44.2 Å². The minimum atomic E-state index is -3.44. The van der Waals surface area contributed by atoms with Crippen LogP contribution in [0.25, 0.3) is 0 Å². The third kappa shape index (κ3) is 3.39. The summed E-state index contributed by atoms with van der Waals surface area (Å²) in [5.74, 6) is 0.100. The normalized spacial score (nSPS) is 28.5. The van der Waals surface area contributed by atoms with Gasteiger partial charge in [-0.2, -0.15) is 8.42 Å². The molecule has 1 aliphatic carbocycles. The van der Waals surface area contributed by atoms with Gasteiger partial charge in [-0.25, -0.2) is 0 Å². The van der Waals surface area contributed by atoms with Gasteiger partial charge in [-0.15, -0.1) is 0 Å². The Hall–Kier alpha value is -1.11. The van der Waals surface area contributed by atoms with Gasteiger partial charge in [0.1, 0.15) is 0 Å². The molecule has 1 saturated carbocycles. The first-order valence-corrected chi connectivity index (χ1v) is 9.95. The molecule has 126 valence electrons. The summed E-state index contributed by atoms with van der Waals surface area (Å²) in [6.45, 7) is 0.653. The molecule has 1 aromatic carbocycles. The molecule has 1 spiro atoms. The van der Waals surface area contributed by atoms with Crippen LogP contribution in [0.1, 0.15) is 32.1 Å². The lowest BCUT2D eigenvalue weighted by Crippen LogP contribution is -2.39. The number of rotatable bonds is 3. The van der Waals surface area contributed by atoms with Gasteiger partial charge in [-0.1, -0.05) is 23.7 Å². The second-order valence-electron chi connectivity index (χ2n) is 6.44. The molecular weight excluding hydrogens is 338 g/mol. The maximum atomic E-state index is 12.9. The molecule has 23 heavy (non-hydrogen) atoms. The Labute approximate surface area is 141 Å². The molecule has 5 nitrogen and oxygen atoms in total. The summed E-state index contributed by atoms with van der Waals surface area (Å²) < 4.78 is 27.6. The van der Waals surface area contributed by atoms with E-state index in [1.54, 1.807) is 11.0 Å². The number of carbonyl (C=O) groups excluding carboxylic acids is 1. The van der Waals surface area contributed by atoms with Crippen molar-refractivity contribution in [3.8, 4) is 0 Å². The van der Waals surface area contributed by atoms with Gasteiger partial charge in [0.2, 0.25) is 5.91 Å². The maximum Gasteiger partial charge on any atom is 0.264 e. The number of hydrogen-bond donors (Lipinski definition) is 0. The number of halogens is 1. The number of hydrogen-bond acceptors (Lipinski definition) is 4. The molecule has 0 N–H and O–H groups in total. The van der Waals surface area contributed by atoms with E-state index < -0.39 is 15.5 Å². The van der Waals surface area contributed by atoms with Crippen molar-refractivity contribution < 1.29 is 17.4 Å². The molecule has 7 heteroatoms. The van der Waals surface area contributed by atoms with E-state index in [4.69, 9.17) is 15.8 Å². The Morgan fingerprint density at radius 3 is 2.48 bits per heavy atom. The first-order chi connectivity index (χ1) is 10.8. The number of carbonyl (C=O) groups is 1. The molecule has 0 atom stereocenters. The quantitative estimate of drug-likeness (QED) is 0.780. The summed E-state index contributed by atoms with van der Waals surface area (Å²) >= 11 is 6.21. The molecule has 1 heterocycles. The number of amides is 1. The third-order valence-corrected chi connectivity index (χ3v) is 5.80. The lowest BCUT2D eigenvalue weighted by Gasteiger charge is -2.35. The van der Waals surface area contributed by atoms with E-state index in [9.17, 15) is 13.2 Å². The van der Waals surface area contributed by atoms with E-state index in [-0.39, 0.29) is 12.0 Å². The zero-order valence-corrected chi connectivity index (χ0v) is 14.6. The Balaban J connectivity index is 1.72. The molecule has 1 saturated heterocycles. The average Bonchev–Trinajstić information content (AvgIpc) is 2.78. The Bertz CT molecular complexity index is 711. The fourth-order valence-electron chi connectivity index (χ4n) is 3.67. The zero-order chi connectivity index (χ0) is 16.7. The van der Waals surface area contributed by atoms with Crippen LogP contribution < -0.4 is 4.90 Å². The number of para-hydroxylation sites is 1. The van der Waals surface area contributed by atoms with Crippen LogP contribution in [0.15, 0.2) is 24.3 Å². The highest BCUT2D eigenvalue weighted by Gasteiger charge is 2.49. The largest absolute Gasteiger partial charge is 0.310 e. The summed E-state index contributed by atoms with van der Waals surface area (Å²) in [5.41, 5.74) is 0.363. The van der Waals surface area contributed by atoms with Crippen molar-refractivity contribution in [3.05, 3.63) is 29.3 Å². The van der Waals surface area contributed by atoms with Crippen LogP contribution in [-0.2, 0) is 19.1 Å². The van der Waals surface area contributed by atoms with Crippen molar-refractivity contribution >= 4 is 33.3 Å². The molecule has 1 aliphatic heterocycles. The molecule has 3 rings (SSSR count). The molecule has 2 aliphatic rings. The van der Waals surface area contributed by atoms with Crippen molar-refractivity contribution in [2.45, 2.75) is 38.2 Å². The zero-order valence-electron chi connectivity index (χ0n) is 13.0. The van der Waals surface area contributed by atoms with E-state index >= 15 is 0 Å². The van der Waals surface area contributed by atoms with Gasteiger partial charge < -0.3 is 4.90 Å². The van der Waals surface area contributed by atoms with Gasteiger partial charge in [0.15, 0.2) is 0 Å². The predicted octanol–water partition coefficient (Wildman–Crippen LogP) is 2.98. The van der Waals surface area contributed by atoms with E-state index in [0.29, 0.717) is 37.3 Å². The summed E-state index contributed by atoms with van der Waals surface area (Å²) in [6.07, 6.45) is 4.04. The Kier molecular flexibility index (Phi) is 4.42. The highest BCUT2D eigenvalue weighted by molar-refractivity contribution is 7.86. The number of anilines is 1. The van der Waals surface area contributed by atoms with Gasteiger partial charge in [0, 0.05) is 6.54 Å². The van der Waals surface area contributed by atoms with Gasteiger partial charge >= 0.3 is 0 Å². The number of nitrogens with zero attached hydrogens (tertiary/aromatic N) is 1. The van der Waals surface area contributed by atoms with Crippen LogP contribution in [-0.4, -0.2) is 33.2 Å². The molecule has 0 bridgehead atoms. The first kappa shape index (κ1) is 16.7. The van der Waals surface area contributed by atoms with Crippen LogP contribution in [0.4, 0.5) is 5.69 Å². The maximum absolute atomic E-state index is 12.9. The van der Waals surface area contributed by atoms with Crippen molar-refractivity contribution in [2.75, 3.05) is 17.7 Å². The number of benzene rings is 1. The van der Waals surface area contributed by atoms with Gasteiger partial charge in [0.05, 0.1) is 28.5 Å². The molecule has 2 fully saturated rings. The smallest absolute Gasteiger partial charge is 0.264 e. The Morgan fingerprint density at radius 1 is 1.22 bits per heavy atom. The van der Waals surface area contributed by atoms with E-state index in [1.807, 2.05) is 18.2 Å². The summed E-state index contributed by atoms with van der Waals surface area (Å²) in [6, 6.07) is 7.36. The van der Waals surface area contributed by atoms with Gasteiger partial charge in [0.25, 0.3) is 10.1 Å². The topological polar surface area (TPSA) is 63.7 Å². The van der Waals surface area contributed by atoms with E-state index in [2.05, 4.69) is 0 Å². The third-order valence-electron chi connectivity index (χ3n) is 4.86. The first-order valence-electron chi connectivity index (χ1n) is 7.76. The monoisotopic (exact) mass is 357 g/mol. The fourth-order valence-corrected chi connectivity index (χ4v) is 4.60. The molecular formula is C16H20ClNO4S. The summed E-state index contributed by atoms with van der Waals surface area (Å²) in [7, 11) is -3.44. The highest BCUT2D eigenvalue weighted by Crippen LogP contribution is 2.47. The SMILES string of the molecule is CS(=O)(=O)OC1CCC2(CC1)CCN(c1ccccc1Cl)C2=O. The van der Waals surface area contributed by atoms with Crippen LogP contribution in [0.3, 0.4) is 0 Å². The molecule has 1 amide bonds. The molecule has 1 aromatic rings. The van der Waals surface area contributed by atoms with Crippen molar-refractivity contribution in [1.82, 2.24) is 0 Å². The van der Waals surface area contributed by atoms with Crippen LogP contribution >= 0.6 is 11.6 Å². The minimum Gasteiger partial charge on any atom is -0.310 e. The summed E-state index contributed by atoms with van der Waals surface area (Å²) in [4.78, 5) is 14.7. The van der Waals surface area contributed by atoms with Crippen molar-refractivity contribution in [1.29, 1.82) is 0 Å². The lowest BCUT2D eigenvalue weighted by atomic mass is 9.72. The van der Waals surface area contributed by atoms with Crippen LogP contribution in [0, 0.1) is 5.41 Å². The molecule has 0 aromatic heterocycles. The molecule has 0 unspecified atom stereocenters. The summed E-state index contributed by atoms with van der Waals surface area (Å²) in [5, 5.41) is 0.576. The van der Waals surface area contributed by atoms with E-state index in [1.165, 1.54) is 0 Å².